The van der Waals surface area contributed by atoms with Crippen LogP contribution < -0.4 is 10.1 Å². The predicted molar refractivity (Wildman–Crippen MR) is 82.2 cm³/mol. The number of rotatable bonds is 6. The van der Waals surface area contributed by atoms with E-state index in [9.17, 15) is 18.0 Å². The molecule has 3 nitrogen and oxygen atoms in total. The molecule has 3 rings (SSSR count). The lowest BCUT2D eigenvalue weighted by Gasteiger charge is -2.11. The average molecular weight is 335 g/mol. The molecule has 1 N–H and O–H groups in total. The fourth-order valence-corrected chi connectivity index (χ4v) is 2.74. The lowest BCUT2D eigenvalue weighted by atomic mass is 10.1. The van der Waals surface area contributed by atoms with E-state index >= 15 is 0 Å². The average Bonchev–Trinajstić information content (AvgIpc) is 3.34. The van der Waals surface area contributed by atoms with Gasteiger partial charge in [-0.1, -0.05) is 30.3 Å². The molecule has 1 fully saturated rings. The first-order chi connectivity index (χ1) is 11.5. The molecular formula is C18H16F3NO2. The molecule has 0 aliphatic heterocycles. The molecule has 2 aromatic carbocycles. The summed E-state index contributed by atoms with van der Waals surface area (Å²) in [6, 6.07) is 12.5. The number of carbonyl (C=O) groups excluding carboxylic acids is 1. The number of halogens is 3. The predicted octanol–water partition coefficient (Wildman–Crippen LogP) is 3.85. The Morgan fingerprint density at radius 1 is 1.17 bits per heavy atom. The molecule has 0 bridgehead atoms. The Kier molecular flexibility index (Phi) is 4.74. The normalized spacial score (nSPS) is 19.2. The SMILES string of the molecule is O=C(NCc1ccccc1OC(F)F)[C@@H]1C[C@H]1c1ccc(F)cc1. The van der Waals surface area contributed by atoms with Gasteiger partial charge in [0.25, 0.3) is 0 Å². The van der Waals surface area contributed by atoms with Crippen LogP contribution in [0.3, 0.4) is 0 Å². The summed E-state index contributed by atoms with van der Waals surface area (Å²) in [6.45, 7) is -2.79. The van der Waals surface area contributed by atoms with Crippen LogP contribution in [0.4, 0.5) is 13.2 Å². The van der Waals surface area contributed by atoms with Crippen molar-refractivity contribution < 1.29 is 22.7 Å². The van der Waals surface area contributed by atoms with Crippen molar-refractivity contribution in [2.24, 2.45) is 5.92 Å². The Morgan fingerprint density at radius 2 is 1.88 bits per heavy atom. The van der Waals surface area contributed by atoms with E-state index in [2.05, 4.69) is 10.1 Å². The minimum atomic E-state index is -2.91. The first-order valence-electron chi connectivity index (χ1n) is 7.60. The van der Waals surface area contributed by atoms with E-state index in [0.717, 1.165) is 5.56 Å². The maximum absolute atomic E-state index is 12.9. The van der Waals surface area contributed by atoms with Crippen LogP contribution >= 0.6 is 0 Å². The molecule has 0 spiro atoms. The molecule has 0 radical (unpaired) electrons. The fraction of sp³-hybridized carbons (Fsp3) is 0.278. The van der Waals surface area contributed by atoms with Crippen LogP contribution in [0.15, 0.2) is 48.5 Å². The number of amides is 1. The Morgan fingerprint density at radius 3 is 2.58 bits per heavy atom. The third-order valence-electron chi connectivity index (χ3n) is 4.07. The molecule has 1 amide bonds. The minimum absolute atomic E-state index is 0.0543. The maximum atomic E-state index is 12.9. The number of hydrogen-bond donors (Lipinski definition) is 1. The summed E-state index contributed by atoms with van der Waals surface area (Å²) in [5.41, 5.74) is 1.42. The highest BCUT2D eigenvalue weighted by Gasteiger charge is 2.43. The Bertz CT molecular complexity index is 718. The van der Waals surface area contributed by atoms with Crippen molar-refractivity contribution in [1.82, 2.24) is 5.32 Å². The molecule has 126 valence electrons. The summed E-state index contributed by atoms with van der Waals surface area (Å²) >= 11 is 0. The van der Waals surface area contributed by atoms with Gasteiger partial charge in [0.15, 0.2) is 0 Å². The maximum Gasteiger partial charge on any atom is 0.387 e. The number of alkyl halides is 2. The van der Waals surface area contributed by atoms with Gasteiger partial charge in [-0.3, -0.25) is 4.79 Å². The molecule has 1 aliphatic rings. The number of nitrogens with one attached hydrogen (secondary N) is 1. The fourth-order valence-electron chi connectivity index (χ4n) is 2.74. The number of hydrogen-bond acceptors (Lipinski definition) is 2. The van der Waals surface area contributed by atoms with E-state index in [1.807, 2.05) is 0 Å². The Balaban J connectivity index is 1.56. The van der Waals surface area contributed by atoms with Crippen LogP contribution in [-0.4, -0.2) is 12.5 Å². The molecule has 2 aromatic rings. The highest BCUT2D eigenvalue weighted by molar-refractivity contribution is 5.82. The standard InChI is InChI=1S/C18H16F3NO2/c19-13-7-5-11(6-8-13)14-9-15(14)17(23)22-10-12-3-1-2-4-16(12)24-18(20)21/h1-8,14-15,18H,9-10H2,(H,22,23)/t14-,15+/m0/s1. The Labute approximate surface area is 137 Å². The lowest BCUT2D eigenvalue weighted by molar-refractivity contribution is -0.122. The van der Waals surface area contributed by atoms with Crippen molar-refractivity contribution in [2.75, 3.05) is 0 Å². The number of benzene rings is 2. The summed E-state index contributed by atoms with van der Waals surface area (Å²) < 4.78 is 42.1. The topological polar surface area (TPSA) is 38.3 Å². The summed E-state index contributed by atoms with van der Waals surface area (Å²) in [5, 5.41) is 2.75. The molecule has 2 atom stereocenters. The molecule has 0 aromatic heterocycles. The van der Waals surface area contributed by atoms with Gasteiger partial charge < -0.3 is 10.1 Å². The van der Waals surface area contributed by atoms with Crippen LogP contribution in [0.25, 0.3) is 0 Å². The Hall–Kier alpha value is -2.50. The van der Waals surface area contributed by atoms with Gasteiger partial charge in [0.2, 0.25) is 5.91 Å². The van der Waals surface area contributed by atoms with E-state index in [1.165, 1.54) is 18.2 Å². The zero-order valence-electron chi connectivity index (χ0n) is 12.7. The van der Waals surface area contributed by atoms with Crippen LogP contribution in [0.5, 0.6) is 5.75 Å². The molecule has 1 aliphatic carbocycles. The van der Waals surface area contributed by atoms with Crippen LogP contribution in [0, 0.1) is 11.7 Å². The zero-order chi connectivity index (χ0) is 17.1. The number of para-hydroxylation sites is 1. The lowest BCUT2D eigenvalue weighted by Crippen LogP contribution is -2.25. The van der Waals surface area contributed by atoms with E-state index in [0.29, 0.717) is 12.0 Å². The van der Waals surface area contributed by atoms with Crippen LogP contribution in [0.1, 0.15) is 23.5 Å². The summed E-state index contributed by atoms with van der Waals surface area (Å²) in [5.74, 6) is -0.484. The quantitative estimate of drug-likeness (QED) is 0.871. The van der Waals surface area contributed by atoms with E-state index < -0.39 is 6.61 Å². The van der Waals surface area contributed by atoms with Gasteiger partial charge in [0.1, 0.15) is 11.6 Å². The van der Waals surface area contributed by atoms with E-state index in [4.69, 9.17) is 0 Å². The van der Waals surface area contributed by atoms with E-state index in [1.54, 1.807) is 30.3 Å². The zero-order valence-corrected chi connectivity index (χ0v) is 12.7. The first-order valence-corrected chi connectivity index (χ1v) is 7.60. The van der Waals surface area contributed by atoms with Crippen LogP contribution in [0.2, 0.25) is 0 Å². The number of ether oxygens (including phenoxy) is 1. The van der Waals surface area contributed by atoms with Gasteiger partial charge >= 0.3 is 6.61 Å². The summed E-state index contributed by atoms with van der Waals surface area (Å²) in [6.07, 6.45) is 0.701. The van der Waals surface area contributed by atoms with Crippen molar-refractivity contribution in [1.29, 1.82) is 0 Å². The van der Waals surface area contributed by atoms with E-state index in [-0.39, 0.29) is 35.9 Å². The molecule has 24 heavy (non-hydrogen) atoms. The first kappa shape index (κ1) is 16.4. The molecule has 1 saturated carbocycles. The molecule has 0 unspecified atom stereocenters. The van der Waals surface area contributed by atoms with Crippen molar-refractivity contribution in [3.05, 3.63) is 65.5 Å². The number of carbonyl (C=O) groups is 1. The van der Waals surface area contributed by atoms with Gasteiger partial charge in [-0.05, 0) is 36.1 Å². The van der Waals surface area contributed by atoms with Crippen molar-refractivity contribution >= 4 is 5.91 Å². The molecule has 0 saturated heterocycles. The second kappa shape index (κ2) is 6.95. The highest BCUT2D eigenvalue weighted by atomic mass is 19.3. The highest BCUT2D eigenvalue weighted by Crippen LogP contribution is 2.47. The van der Waals surface area contributed by atoms with Gasteiger partial charge in [0, 0.05) is 18.0 Å². The molecular weight excluding hydrogens is 319 g/mol. The summed E-state index contributed by atoms with van der Waals surface area (Å²) in [4.78, 5) is 12.2. The largest absolute Gasteiger partial charge is 0.434 e. The van der Waals surface area contributed by atoms with Gasteiger partial charge in [0.05, 0.1) is 0 Å². The third kappa shape index (κ3) is 3.88. The molecule has 0 heterocycles. The minimum Gasteiger partial charge on any atom is -0.434 e. The monoisotopic (exact) mass is 335 g/mol. The van der Waals surface area contributed by atoms with Gasteiger partial charge in [-0.2, -0.15) is 8.78 Å². The second-order valence-corrected chi connectivity index (χ2v) is 5.70. The van der Waals surface area contributed by atoms with Gasteiger partial charge in [-0.25, -0.2) is 4.39 Å². The third-order valence-corrected chi connectivity index (χ3v) is 4.07. The van der Waals surface area contributed by atoms with Crippen molar-refractivity contribution in [3.63, 3.8) is 0 Å². The molecule has 6 heteroatoms. The van der Waals surface area contributed by atoms with Crippen LogP contribution in [-0.2, 0) is 11.3 Å². The van der Waals surface area contributed by atoms with Crippen molar-refractivity contribution in [2.45, 2.75) is 25.5 Å². The summed E-state index contributed by atoms with van der Waals surface area (Å²) in [7, 11) is 0. The smallest absolute Gasteiger partial charge is 0.387 e. The van der Waals surface area contributed by atoms with Gasteiger partial charge in [-0.15, -0.1) is 0 Å². The second-order valence-electron chi connectivity index (χ2n) is 5.70. The van der Waals surface area contributed by atoms with Crippen molar-refractivity contribution in [3.8, 4) is 5.75 Å².